The number of hydrogen-bond donors (Lipinski definition) is 2. The molecule has 2 rings (SSSR count). The van der Waals surface area contributed by atoms with Crippen molar-refractivity contribution < 1.29 is 14.3 Å². The molecule has 1 aliphatic heterocycles. The molecule has 5 heteroatoms. The summed E-state index contributed by atoms with van der Waals surface area (Å²) in [4.78, 5) is 12.0. The first-order valence-corrected chi connectivity index (χ1v) is 8.57. The van der Waals surface area contributed by atoms with Crippen molar-refractivity contribution in [3.8, 4) is 0 Å². The third kappa shape index (κ3) is 5.13. The number of carbonyl (C=O) groups excluding carboxylic acids is 1. The second kappa shape index (κ2) is 6.75. The predicted molar refractivity (Wildman–Crippen MR) is 87.0 cm³/mol. The van der Waals surface area contributed by atoms with Gasteiger partial charge in [-0.25, -0.2) is 4.79 Å². The van der Waals surface area contributed by atoms with Crippen LogP contribution in [-0.2, 0) is 9.47 Å². The first kappa shape index (κ1) is 17.5. The zero-order chi connectivity index (χ0) is 16.4. The van der Waals surface area contributed by atoms with E-state index >= 15 is 0 Å². The van der Waals surface area contributed by atoms with Gasteiger partial charge in [-0.15, -0.1) is 0 Å². The van der Waals surface area contributed by atoms with Crippen molar-refractivity contribution in [3.05, 3.63) is 0 Å². The Hall–Kier alpha value is -0.810. The minimum Gasteiger partial charge on any atom is -0.444 e. The van der Waals surface area contributed by atoms with Gasteiger partial charge in [-0.1, -0.05) is 0 Å². The second-order valence-corrected chi connectivity index (χ2v) is 8.07. The maximum atomic E-state index is 12.0. The third-order valence-corrected chi connectivity index (χ3v) is 4.50. The normalized spacial score (nSPS) is 31.2. The number of rotatable bonds is 4. The van der Waals surface area contributed by atoms with Crippen molar-refractivity contribution in [2.75, 3.05) is 6.54 Å². The van der Waals surface area contributed by atoms with Crippen LogP contribution in [0.5, 0.6) is 0 Å². The number of amides is 1. The van der Waals surface area contributed by atoms with Crippen molar-refractivity contribution in [2.24, 2.45) is 0 Å². The number of alkyl carbamates (subject to hydrolysis) is 1. The molecule has 1 amide bonds. The van der Waals surface area contributed by atoms with E-state index in [0.29, 0.717) is 18.2 Å². The Labute approximate surface area is 134 Å². The zero-order valence-electron chi connectivity index (χ0n) is 14.7. The Morgan fingerprint density at radius 2 is 1.82 bits per heavy atom. The van der Waals surface area contributed by atoms with Crippen LogP contribution < -0.4 is 10.6 Å². The van der Waals surface area contributed by atoms with Gasteiger partial charge in [-0.2, -0.15) is 0 Å². The van der Waals surface area contributed by atoms with Crippen LogP contribution in [0.3, 0.4) is 0 Å². The monoisotopic (exact) mass is 312 g/mol. The summed E-state index contributed by atoms with van der Waals surface area (Å²) in [5, 5.41) is 6.74. The molecular weight excluding hydrogens is 280 g/mol. The lowest BCUT2D eigenvalue weighted by Gasteiger charge is -2.44. The van der Waals surface area contributed by atoms with E-state index in [9.17, 15) is 4.79 Å². The van der Waals surface area contributed by atoms with Crippen molar-refractivity contribution in [1.29, 1.82) is 0 Å². The fraction of sp³-hybridized carbons (Fsp3) is 0.941. The molecule has 22 heavy (non-hydrogen) atoms. The van der Waals surface area contributed by atoms with Crippen molar-refractivity contribution in [3.63, 3.8) is 0 Å². The zero-order valence-corrected chi connectivity index (χ0v) is 14.7. The average molecular weight is 312 g/mol. The highest BCUT2D eigenvalue weighted by molar-refractivity contribution is 5.69. The summed E-state index contributed by atoms with van der Waals surface area (Å²) >= 11 is 0. The molecule has 1 saturated heterocycles. The Bertz CT molecular complexity index is 378. The van der Waals surface area contributed by atoms with E-state index in [1.807, 2.05) is 20.8 Å². The van der Waals surface area contributed by atoms with Gasteiger partial charge in [0.1, 0.15) is 5.60 Å². The van der Waals surface area contributed by atoms with Gasteiger partial charge in [-0.3, -0.25) is 0 Å². The third-order valence-electron chi connectivity index (χ3n) is 4.50. The molecule has 2 aliphatic rings. The highest BCUT2D eigenvalue weighted by atomic mass is 16.6. The molecule has 1 aliphatic carbocycles. The Morgan fingerprint density at radius 3 is 2.27 bits per heavy atom. The van der Waals surface area contributed by atoms with E-state index in [1.165, 1.54) is 0 Å². The van der Waals surface area contributed by atoms with E-state index in [0.717, 1.165) is 38.6 Å². The van der Waals surface area contributed by atoms with Crippen LogP contribution >= 0.6 is 0 Å². The molecule has 2 atom stereocenters. The molecule has 5 nitrogen and oxygen atoms in total. The lowest BCUT2D eigenvalue weighted by atomic mass is 9.76. The number of hydrogen-bond acceptors (Lipinski definition) is 4. The molecule has 0 aromatic rings. The Balaban J connectivity index is 1.82. The second-order valence-electron chi connectivity index (χ2n) is 8.07. The highest BCUT2D eigenvalue weighted by Crippen LogP contribution is 2.32. The van der Waals surface area contributed by atoms with Crippen molar-refractivity contribution in [1.82, 2.24) is 10.6 Å². The maximum Gasteiger partial charge on any atom is 0.408 e. The lowest BCUT2D eigenvalue weighted by molar-refractivity contribution is -0.0438. The van der Waals surface area contributed by atoms with Crippen LogP contribution in [0.4, 0.5) is 4.79 Å². The largest absolute Gasteiger partial charge is 0.444 e. The van der Waals surface area contributed by atoms with E-state index in [2.05, 4.69) is 24.5 Å². The van der Waals surface area contributed by atoms with E-state index in [1.54, 1.807) is 0 Å². The van der Waals surface area contributed by atoms with Crippen LogP contribution in [0.2, 0.25) is 0 Å². The summed E-state index contributed by atoms with van der Waals surface area (Å²) in [6.07, 6.45) is 5.58. The number of nitrogens with one attached hydrogen (secondary N) is 2. The molecule has 2 fully saturated rings. The van der Waals surface area contributed by atoms with Gasteiger partial charge in [0.15, 0.2) is 0 Å². The molecule has 2 N–H and O–H groups in total. The first-order valence-electron chi connectivity index (χ1n) is 8.57. The molecule has 1 saturated carbocycles. The van der Waals surface area contributed by atoms with E-state index in [-0.39, 0.29) is 11.6 Å². The van der Waals surface area contributed by atoms with E-state index < -0.39 is 5.60 Å². The molecule has 0 spiro atoms. The van der Waals surface area contributed by atoms with Gasteiger partial charge in [-0.05, 0) is 66.7 Å². The highest BCUT2D eigenvalue weighted by Gasteiger charge is 2.40. The predicted octanol–water partition coefficient (Wildman–Crippen LogP) is 2.98. The Kier molecular flexibility index (Phi) is 5.38. The minimum absolute atomic E-state index is 0.132. The summed E-state index contributed by atoms with van der Waals surface area (Å²) in [6.45, 7) is 10.7. The summed E-state index contributed by atoms with van der Waals surface area (Å²) in [6, 6.07) is 0.469. The summed E-state index contributed by atoms with van der Waals surface area (Å²) in [5.74, 6) is 0. The molecule has 0 aromatic heterocycles. The van der Waals surface area contributed by atoms with Crippen molar-refractivity contribution in [2.45, 2.75) is 96.1 Å². The molecule has 0 bridgehead atoms. The van der Waals surface area contributed by atoms with Crippen LogP contribution in [0, 0.1) is 0 Å². The summed E-state index contributed by atoms with van der Waals surface area (Å²) < 4.78 is 11.2. The minimum atomic E-state index is -0.450. The fourth-order valence-electron chi connectivity index (χ4n) is 3.38. The van der Waals surface area contributed by atoms with E-state index in [4.69, 9.17) is 9.47 Å². The maximum absolute atomic E-state index is 12.0. The van der Waals surface area contributed by atoms with Crippen LogP contribution in [0.25, 0.3) is 0 Å². The standard InChI is InChI=1S/C17H32N2O3/c1-12-9-14(10-13(2)21-12)18-11-17(7-6-8-17)19-15(20)22-16(3,4)5/h12-14,18H,6-11H2,1-5H3,(H,19,20). The number of ether oxygens (including phenoxy) is 2. The van der Waals surface area contributed by atoms with Gasteiger partial charge < -0.3 is 20.1 Å². The SMILES string of the molecule is CC1CC(NCC2(NC(=O)OC(C)(C)C)CCC2)CC(C)O1. The molecule has 0 aromatic carbocycles. The quantitative estimate of drug-likeness (QED) is 0.838. The molecular formula is C17H32N2O3. The van der Waals surface area contributed by atoms with Crippen LogP contribution in [-0.4, -0.2) is 42.0 Å². The summed E-state index contributed by atoms with van der Waals surface area (Å²) in [7, 11) is 0. The smallest absolute Gasteiger partial charge is 0.408 e. The van der Waals surface area contributed by atoms with Gasteiger partial charge in [0.25, 0.3) is 0 Å². The fourth-order valence-corrected chi connectivity index (χ4v) is 3.38. The topological polar surface area (TPSA) is 59.6 Å². The van der Waals surface area contributed by atoms with Gasteiger partial charge in [0, 0.05) is 12.6 Å². The molecule has 1 heterocycles. The van der Waals surface area contributed by atoms with Crippen LogP contribution in [0.1, 0.15) is 66.7 Å². The average Bonchev–Trinajstić information content (AvgIpc) is 2.28. The molecule has 2 unspecified atom stereocenters. The molecule has 0 radical (unpaired) electrons. The first-order chi connectivity index (χ1) is 10.2. The van der Waals surface area contributed by atoms with Gasteiger partial charge >= 0.3 is 6.09 Å². The molecule has 128 valence electrons. The summed E-state index contributed by atoms with van der Waals surface area (Å²) in [5.41, 5.74) is -0.582. The number of carbonyl (C=O) groups is 1. The van der Waals surface area contributed by atoms with Gasteiger partial charge in [0.2, 0.25) is 0 Å². The van der Waals surface area contributed by atoms with Crippen molar-refractivity contribution >= 4 is 6.09 Å². The Morgan fingerprint density at radius 1 is 1.23 bits per heavy atom. The lowest BCUT2D eigenvalue weighted by Crippen LogP contribution is -2.61. The van der Waals surface area contributed by atoms with Gasteiger partial charge in [0.05, 0.1) is 17.7 Å². The van der Waals surface area contributed by atoms with Crippen LogP contribution in [0.15, 0.2) is 0 Å².